The number of hydrogen-bond acceptors (Lipinski definition) is 2. The fourth-order valence-corrected chi connectivity index (χ4v) is 3.00. The van der Waals surface area contributed by atoms with E-state index in [-0.39, 0.29) is 0 Å². The van der Waals surface area contributed by atoms with Crippen LogP contribution < -0.4 is 0 Å². The van der Waals surface area contributed by atoms with Crippen molar-refractivity contribution in [2.45, 2.75) is 52.5 Å². The Kier molecular flexibility index (Phi) is 5.11. The number of nitrogens with zero attached hydrogens (tertiary/aromatic N) is 2. The molecule has 0 spiro atoms. The lowest BCUT2D eigenvalue weighted by molar-refractivity contribution is 0.116. The molecule has 0 aliphatic heterocycles. The van der Waals surface area contributed by atoms with Gasteiger partial charge < -0.3 is 0 Å². The van der Waals surface area contributed by atoms with E-state index >= 15 is 0 Å². The summed E-state index contributed by atoms with van der Waals surface area (Å²) >= 11 is 0. The van der Waals surface area contributed by atoms with Crippen LogP contribution in [0.3, 0.4) is 0 Å². The third-order valence-electron chi connectivity index (χ3n) is 3.59. The molecule has 0 saturated heterocycles. The van der Waals surface area contributed by atoms with Gasteiger partial charge in [-0.2, -0.15) is 5.26 Å². The Balaban J connectivity index is 2.48. The van der Waals surface area contributed by atoms with Crippen LogP contribution in [0.25, 0.3) is 0 Å². The van der Waals surface area contributed by atoms with Crippen molar-refractivity contribution in [3.8, 4) is 6.07 Å². The van der Waals surface area contributed by atoms with E-state index in [1.165, 1.54) is 19.3 Å². The highest BCUT2D eigenvalue weighted by molar-refractivity contribution is 4.83. The van der Waals surface area contributed by atoms with E-state index in [0.29, 0.717) is 6.42 Å². The Bertz CT molecular complexity index is 209. The van der Waals surface area contributed by atoms with Gasteiger partial charge in [0.05, 0.1) is 6.07 Å². The molecular formula is C13H24N2. The van der Waals surface area contributed by atoms with Crippen LogP contribution in [0.15, 0.2) is 0 Å². The zero-order valence-electron chi connectivity index (χ0n) is 10.4. The summed E-state index contributed by atoms with van der Waals surface area (Å²) in [5.41, 5.74) is 0. The summed E-state index contributed by atoms with van der Waals surface area (Å²) in [5, 5.41) is 8.64. The van der Waals surface area contributed by atoms with Gasteiger partial charge in [-0.05, 0) is 37.6 Å². The van der Waals surface area contributed by atoms with Gasteiger partial charge in [-0.15, -0.1) is 0 Å². The second kappa shape index (κ2) is 6.12. The van der Waals surface area contributed by atoms with Gasteiger partial charge in [0, 0.05) is 19.0 Å². The largest absolute Gasteiger partial charge is 0.300 e. The van der Waals surface area contributed by atoms with Crippen molar-refractivity contribution in [3.05, 3.63) is 0 Å². The zero-order chi connectivity index (χ0) is 11.3. The first-order chi connectivity index (χ1) is 7.17. The van der Waals surface area contributed by atoms with Crippen LogP contribution in [0.5, 0.6) is 0 Å². The fourth-order valence-electron chi connectivity index (χ4n) is 3.00. The van der Waals surface area contributed by atoms with Crippen LogP contribution >= 0.6 is 0 Å². The van der Waals surface area contributed by atoms with E-state index in [2.05, 4.69) is 31.7 Å². The van der Waals surface area contributed by atoms with Crippen molar-refractivity contribution >= 4 is 0 Å². The molecule has 0 amide bonds. The molecule has 86 valence electrons. The van der Waals surface area contributed by atoms with E-state index in [1.54, 1.807) is 0 Å². The molecule has 1 fully saturated rings. The minimum Gasteiger partial charge on any atom is -0.300 e. The minimum absolute atomic E-state index is 0.674. The number of hydrogen-bond donors (Lipinski definition) is 0. The monoisotopic (exact) mass is 208 g/mol. The Labute approximate surface area is 94.3 Å². The maximum Gasteiger partial charge on any atom is 0.0635 e. The van der Waals surface area contributed by atoms with Gasteiger partial charge in [0.15, 0.2) is 0 Å². The first-order valence-electron chi connectivity index (χ1n) is 6.28. The topological polar surface area (TPSA) is 27.0 Å². The van der Waals surface area contributed by atoms with Crippen LogP contribution in [0.4, 0.5) is 0 Å². The first kappa shape index (κ1) is 12.5. The molecule has 15 heavy (non-hydrogen) atoms. The Morgan fingerprint density at radius 2 is 1.80 bits per heavy atom. The number of nitriles is 1. The molecule has 0 N–H and O–H groups in total. The van der Waals surface area contributed by atoms with Crippen molar-refractivity contribution in [1.29, 1.82) is 5.26 Å². The quantitative estimate of drug-likeness (QED) is 0.710. The second-order valence-electron chi connectivity index (χ2n) is 5.11. The Morgan fingerprint density at radius 1 is 1.20 bits per heavy atom. The normalized spacial score (nSPS) is 31.5. The standard InChI is InChI=1S/C13H24N2/c1-4-15(7-5-6-14)13-9-11(2)8-12(3)10-13/h11-13H,4-5,7-10H2,1-3H3. The minimum atomic E-state index is 0.674. The molecule has 1 aliphatic carbocycles. The predicted octanol–water partition coefficient (Wildman–Crippen LogP) is 3.05. The maximum atomic E-state index is 8.64. The van der Waals surface area contributed by atoms with Crippen molar-refractivity contribution < 1.29 is 0 Å². The van der Waals surface area contributed by atoms with Gasteiger partial charge in [0.2, 0.25) is 0 Å². The van der Waals surface area contributed by atoms with Crippen LogP contribution in [0, 0.1) is 23.2 Å². The van der Waals surface area contributed by atoms with Gasteiger partial charge >= 0.3 is 0 Å². The average molecular weight is 208 g/mol. The van der Waals surface area contributed by atoms with Gasteiger partial charge in [-0.3, -0.25) is 4.90 Å². The fraction of sp³-hybridized carbons (Fsp3) is 0.923. The molecule has 2 nitrogen and oxygen atoms in total. The van der Waals surface area contributed by atoms with Gasteiger partial charge in [0.25, 0.3) is 0 Å². The summed E-state index contributed by atoms with van der Waals surface area (Å²) in [6.07, 6.45) is 4.70. The summed E-state index contributed by atoms with van der Waals surface area (Å²) in [5.74, 6) is 1.71. The molecule has 0 radical (unpaired) electrons. The molecule has 2 unspecified atom stereocenters. The van der Waals surface area contributed by atoms with Crippen LogP contribution in [-0.4, -0.2) is 24.0 Å². The molecule has 0 heterocycles. The molecule has 0 aromatic heterocycles. The molecule has 0 aromatic rings. The zero-order valence-corrected chi connectivity index (χ0v) is 10.4. The van der Waals surface area contributed by atoms with E-state index in [9.17, 15) is 0 Å². The smallest absolute Gasteiger partial charge is 0.0635 e. The predicted molar refractivity (Wildman–Crippen MR) is 63.4 cm³/mol. The van der Waals surface area contributed by atoms with Crippen molar-refractivity contribution in [3.63, 3.8) is 0 Å². The summed E-state index contributed by atoms with van der Waals surface area (Å²) in [6.45, 7) is 8.98. The van der Waals surface area contributed by atoms with Crippen molar-refractivity contribution in [1.82, 2.24) is 4.90 Å². The van der Waals surface area contributed by atoms with Crippen molar-refractivity contribution in [2.24, 2.45) is 11.8 Å². The van der Waals surface area contributed by atoms with Gasteiger partial charge in [-0.1, -0.05) is 20.8 Å². The Morgan fingerprint density at radius 3 is 2.27 bits per heavy atom. The molecule has 1 rings (SSSR count). The van der Waals surface area contributed by atoms with Crippen molar-refractivity contribution in [2.75, 3.05) is 13.1 Å². The highest BCUT2D eigenvalue weighted by Crippen LogP contribution is 2.31. The molecule has 0 aromatic carbocycles. The maximum absolute atomic E-state index is 8.64. The van der Waals surface area contributed by atoms with Gasteiger partial charge in [0.1, 0.15) is 0 Å². The number of rotatable bonds is 4. The third-order valence-corrected chi connectivity index (χ3v) is 3.59. The second-order valence-corrected chi connectivity index (χ2v) is 5.11. The summed E-state index contributed by atoms with van der Waals surface area (Å²) in [6, 6.07) is 2.98. The molecular weight excluding hydrogens is 184 g/mol. The first-order valence-corrected chi connectivity index (χ1v) is 6.28. The van der Waals surface area contributed by atoms with E-state index < -0.39 is 0 Å². The highest BCUT2D eigenvalue weighted by atomic mass is 15.1. The van der Waals surface area contributed by atoms with Crippen LogP contribution in [-0.2, 0) is 0 Å². The third kappa shape index (κ3) is 3.83. The van der Waals surface area contributed by atoms with E-state index in [4.69, 9.17) is 5.26 Å². The lowest BCUT2D eigenvalue weighted by Gasteiger charge is -2.38. The summed E-state index contributed by atoms with van der Waals surface area (Å²) in [4.78, 5) is 2.50. The van der Waals surface area contributed by atoms with E-state index in [0.717, 1.165) is 31.0 Å². The average Bonchev–Trinajstić information content (AvgIpc) is 2.17. The SMILES string of the molecule is CCN(CCC#N)C1CC(C)CC(C)C1. The molecule has 1 saturated carbocycles. The summed E-state index contributed by atoms with van der Waals surface area (Å²) in [7, 11) is 0. The van der Waals surface area contributed by atoms with Gasteiger partial charge in [-0.25, -0.2) is 0 Å². The van der Waals surface area contributed by atoms with Crippen LogP contribution in [0.2, 0.25) is 0 Å². The van der Waals surface area contributed by atoms with Crippen LogP contribution in [0.1, 0.15) is 46.5 Å². The summed E-state index contributed by atoms with van der Waals surface area (Å²) < 4.78 is 0. The highest BCUT2D eigenvalue weighted by Gasteiger charge is 2.27. The lowest BCUT2D eigenvalue weighted by Crippen LogP contribution is -2.40. The molecule has 0 bridgehead atoms. The lowest BCUT2D eigenvalue weighted by atomic mass is 9.80. The van der Waals surface area contributed by atoms with E-state index in [1.807, 2.05) is 0 Å². The molecule has 2 atom stereocenters. The Hall–Kier alpha value is -0.550. The molecule has 1 aliphatic rings. The molecule has 2 heteroatoms.